The number of piperidine rings is 1. The van der Waals surface area contributed by atoms with E-state index in [1.165, 1.54) is 0 Å². The Hall–Kier alpha value is -2.22. The molecule has 1 atom stereocenters. The number of hydrogen-bond acceptors (Lipinski definition) is 7. The van der Waals surface area contributed by atoms with Gasteiger partial charge in [0.15, 0.2) is 5.82 Å². The summed E-state index contributed by atoms with van der Waals surface area (Å²) >= 11 is 0. The summed E-state index contributed by atoms with van der Waals surface area (Å²) in [6, 6.07) is 4.14. The minimum absolute atomic E-state index is 0.0625. The minimum Gasteiger partial charge on any atom is -0.444 e. The molecule has 1 unspecified atom stereocenters. The van der Waals surface area contributed by atoms with Crippen molar-refractivity contribution in [1.82, 2.24) is 9.88 Å². The van der Waals surface area contributed by atoms with Crippen LogP contribution in [-0.4, -0.2) is 72.8 Å². The second kappa shape index (κ2) is 7.68. The number of pyridine rings is 1. The molecule has 1 aromatic rings. The number of aliphatic hydroxyl groups is 1. The highest BCUT2D eigenvalue weighted by molar-refractivity contribution is 5.75. The Bertz CT molecular complexity index is 869. The van der Waals surface area contributed by atoms with Crippen molar-refractivity contribution < 1.29 is 14.6 Å². The van der Waals surface area contributed by atoms with Crippen molar-refractivity contribution in [3.05, 3.63) is 12.1 Å². The SMILES string of the molecule is CN1c2nc(N3CC4(CCCN(C(=O)OC(C)(C)C)C4)C3)ccc2N(CC(C)(C)C)C1O. The standard InChI is InChI=1S/C24H39N5O3/c1-22(2,3)13-29-17-9-10-18(25-19(17)26(7)20(29)30)28-15-24(16-28)11-8-12-27(14-24)21(31)32-23(4,5)6/h9-10,20,30H,8,11-16H2,1-7H3. The second-order valence-electron chi connectivity index (χ2n) is 12.0. The summed E-state index contributed by atoms with van der Waals surface area (Å²) in [4.78, 5) is 25.5. The van der Waals surface area contributed by atoms with Gasteiger partial charge in [-0.3, -0.25) is 0 Å². The van der Waals surface area contributed by atoms with Crippen LogP contribution in [0.3, 0.4) is 0 Å². The molecule has 1 aromatic heterocycles. The topological polar surface area (TPSA) is 72.4 Å². The average Bonchev–Trinajstić information content (AvgIpc) is 2.88. The van der Waals surface area contributed by atoms with Crippen molar-refractivity contribution >= 4 is 23.4 Å². The third kappa shape index (κ3) is 4.47. The van der Waals surface area contributed by atoms with Crippen LogP contribution in [0.4, 0.5) is 22.1 Å². The zero-order chi connectivity index (χ0) is 23.5. The number of anilines is 3. The molecule has 8 heteroatoms. The van der Waals surface area contributed by atoms with Gasteiger partial charge in [-0.25, -0.2) is 9.78 Å². The van der Waals surface area contributed by atoms with Crippen LogP contribution in [0, 0.1) is 10.8 Å². The van der Waals surface area contributed by atoms with Crippen LogP contribution in [-0.2, 0) is 4.74 Å². The molecule has 0 bridgehead atoms. The molecule has 2 fully saturated rings. The highest BCUT2D eigenvalue weighted by atomic mass is 16.6. The first-order valence-electron chi connectivity index (χ1n) is 11.7. The molecule has 0 radical (unpaired) electrons. The van der Waals surface area contributed by atoms with E-state index in [1.54, 1.807) is 0 Å². The number of likely N-dealkylation sites (tertiary alicyclic amines) is 1. The molecule has 1 N–H and O–H groups in total. The molecule has 2 saturated heterocycles. The van der Waals surface area contributed by atoms with E-state index in [2.05, 4.69) is 37.8 Å². The highest BCUT2D eigenvalue weighted by Gasteiger charge is 2.48. The molecule has 3 aliphatic heterocycles. The maximum atomic E-state index is 12.6. The lowest BCUT2D eigenvalue weighted by Gasteiger charge is -2.55. The first kappa shape index (κ1) is 23.0. The normalized spacial score (nSPS) is 22.8. The van der Waals surface area contributed by atoms with E-state index in [-0.39, 0.29) is 16.9 Å². The molecule has 0 aliphatic carbocycles. The van der Waals surface area contributed by atoms with Crippen molar-refractivity contribution in [2.24, 2.45) is 10.8 Å². The number of fused-ring (bicyclic) bond motifs is 1. The number of ether oxygens (including phenoxy) is 1. The summed E-state index contributed by atoms with van der Waals surface area (Å²) in [6.45, 7) is 16.3. The van der Waals surface area contributed by atoms with Gasteiger partial charge in [-0.05, 0) is 51.2 Å². The van der Waals surface area contributed by atoms with Gasteiger partial charge in [0.2, 0.25) is 6.35 Å². The lowest BCUT2D eigenvalue weighted by atomic mass is 9.73. The molecule has 8 nitrogen and oxygen atoms in total. The number of carbonyl (C=O) groups excluding carboxylic acids is 1. The number of rotatable bonds is 2. The Morgan fingerprint density at radius 3 is 2.50 bits per heavy atom. The number of amides is 1. The van der Waals surface area contributed by atoms with Gasteiger partial charge in [0, 0.05) is 45.2 Å². The summed E-state index contributed by atoms with van der Waals surface area (Å²) in [5.74, 6) is 1.75. The minimum atomic E-state index is -0.699. The molecule has 0 aromatic carbocycles. The molecule has 1 amide bonds. The van der Waals surface area contributed by atoms with Crippen molar-refractivity contribution in [2.45, 2.75) is 66.3 Å². The molecular formula is C24H39N5O3. The van der Waals surface area contributed by atoms with E-state index in [0.29, 0.717) is 0 Å². The van der Waals surface area contributed by atoms with Crippen molar-refractivity contribution in [3.63, 3.8) is 0 Å². The smallest absolute Gasteiger partial charge is 0.410 e. The lowest BCUT2D eigenvalue weighted by molar-refractivity contribution is -0.00154. The zero-order valence-electron chi connectivity index (χ0n) is 20.7. The van der Waals surface area contributed by atoms with Gasteiger partial charge in [0.1, 0.15) is 11.4 Å². The zero-order valence-corrected chi connectivity index (χ0v) is 20.7. The third-order valence-corrected chi connectivity index (χ3v) is 6.44. The van der Waals surface area contributed by atoms with Crippen LogP contribution >= 0.6 is 0 Å². The van der Waals surface area contributed by atoms with E-state index in [0.717, 1.165) is 62.9 Å². The Balaban J connectivity index is 1.44. The Morgan fingerprint density at radius 2 is 1.88 bits per heavy atom. The van der Waals surface area contributed by atoms with Crippen LogP contribution in [0.1, 0.15) is 54.4 Å². The lowest BCUT2D eigenvalue weighted by Crippen LogP contribution is -2.64. The average molecular weight is 446 g/mol. The van der Waals surface area contributed by atoms with Crippen LogP contribution in [0.2, 0.25) is 0 Å². The van der Waals surface area contributed by atoms with Crippen LogP contribution in [0.25, 0.3) is 0 Å². The van der Waals surface area contributed by atoms with Gasteiger partial charge in [-0.1, -0.05) is 20.8 Å². The van der Waals surface area contributed by atoms with Gasteiger partial charge in [-0.2, -0.15) is 0 Å². The predicted octanol–water partition coefficient (Wildman–Crippen LogP) is 3.50. The third-order valence-electron chi connectivity index (χ3n) is 6.44. The van der Waals surface area contributed by atoms with E-state index in [9.17, 15) is 9.90 Å². The summed E-state index contributed by atoms with van der Waals surface area (Å²) in [5, 5.41) is 10.8. The Labute approximate surface area is 192 Å². The first-order valence-corrected chi connectivity index (χ1v) is 11.7. The Kier molecular flexibility index (Phi) is 5.51. The largest absolute Gasteiger partial charge is 0.444 e. The van der Waals surface area contributed by atoms with Gasteiger partial charge in [-0.15, -0.1) is 0 Å². The number of carbonyl (C=O) groups is 1. The monoisotopic (exact) mass is 445 g/mol. The van der Waals surface area contributed by atoms with Gasteiger partial charge < -0.3 is 29.4 Å². The fraction of sp³-hybridized carbons (Fsp3) is 0.750. The molecule has 178 valence electrons. The first-order chi connectivity index (χ1) is 14.8. The molecule has 4 rings (SSSR count). The van der Waals surface area contributed by atoms with Crippen LogP contribution in [0.15, 0.2) is 12.1 Å². The summed E-state index contributed by atoms with van der Waals surface area (Å²) in [6.07, 6.45) is 1.21. The molecule has 1 spiro atoms. The van der Waals surface area contributed by atoms with Crippen LogP contribution < -0.4 is 14.7 Å². The summed E-state index contributed by atoms with van der Waals surface area (Å²) < 4.78 is 5.59. The van der Waals surface area contributed by atoms with Gasteiger partial charge in [0.05, 0.1) is 5.69 Å². The van der Waals surface area contributed by atoms with E-state index < -0.39 is 12.0 Å². The van der Waals surface area contributed by atoms with E-state index in [1.807, 2.05) is 42.5 Å². The summed E-state index contributed by atoms with van der Waals surface area (Å²) in [7, 11) is 1.89. The predicted molar refractivity (Wildman–Crippen MR) is 127 cm³/mol. The second-order valence-corrected chi connectivity index (χ2v) is 12.0. The van der Waals surface area contributed by atoms with E-state index >= 15 is 0 Å². The van der Waals surface area contributed by atoms with Gasteiger partial charge >= 0.3 is 6.09 Å². The number of aromatic nitrogens is 1. The highest BCUT2D eigenvalue weighted by Crippen LogP contribution is 2.44. The fourth-order valence-corrected chi connectivity index (χ4v) is 5.09. The number of hydrogen-bond donors (Lipinski definition) is 1. The molecule has 4 heterocycles. The Morgan fingerprint density at radius 1 is 1.19 bits per heavy atom. The van der Waals surface area contributed by atoms with Crippen molar-refractivity contribution in [3.8, 4) is 0 Å². The van der Waals surface area contributed by atoms with Crippen LogP contribution in [0.5, 0.6) is 0 Å². The fourth-order valence-electron chi connectivity index (χ4n) is 5.09. The van der Waals surface area contributed by atoms with Crippen molar-refractivity contribution in [1.29, 1.82) is 0 Å². The van der Waals surface area contributed by atoms with E-state index in [4.69, 9.17) is 9.72 Å². The molecule has 32 heavy (non-hydrogen) atoms. The molecule has 3 aliphatic rings. The molecular weight excluding hydrogens is 406 g/mol. The maximum Gasteiger partial charge on any atom is 0.410 e. The molecule has 0 saturated carbocycles. The maximum absolute atomic E-state index is 12.6. The summed E-state index contributed by atoms with van der Waals surface area (Å²) in [5.41, 5.74) is 0.675. The van der Waals surface area contributed by atoms with Crippen molar-refractivity contribution in [2.75, 3.05) is 54.5 Å². The quantitative estimate of drug-likeness (QED) is 0.747. The number of nitrogens with zero attached hydrogens (tertiary/aromatic N) is 5. The van der Waals surface area contributed by atoms with Gasteiger partial charge in [0.25, 0.3) is 0 Å². The number of aliphatic hydroxyl groups excluding tert-OH is 1.